The quantitative estimate of drug-likeness (QED) is 0.356. The normalized spacial score (nSPS) is 11.5. The van der Waals surface area contributed by atoms with Crippen molar-refractivity contribution in [1.29, 1.82) is 0 Å². The van der Waals surface area contributed by atoms with Gasteiger partial charge in [0.15, 0.2) is 6.10 Å². The largest absolute Gasteiger partial charge is 0.451 e. The summed E-state index contributed by atoms with van der Waals surface area (Å²) in [6.45, 7) is 3.09. The van der Waals surface area contributed by atoms with Crippen LogP contribution in [0, 0.1) is 17.0 Å². The molecule has 1 aromatic heterocycles. The van der Waals surface area contributed by atoms with Crippen LogP contribution in [0.5, 0.6) is 0 Å². The molecule has 1 N–H and O–H groups in total. The lowest BCUT2D eigenvalue weighted by molar-refractivity contribution is -0.384. The van der Waals surface area contributed by atoms with Crippen molar-refractivity contribution >= 4 is 17.6 Å². The number of ether oxygens (including phenoxy) is 1. The van der Waals surface area contributed by atoms with Crippen LogP contribution in [0.15, 0.2) is 52.9 Å². The molecule has 0 saturated heterocycles. The molecule has 10 heteroatoms. The lowest BCUT2D eigenvalue weighted by Crippen LogP contribution is -2.31. The number of benzene rings is 2. The first kappa shape index (κ1) is 20.6. The van der Waals surface area contributed by atoms with Gasteiger partial charge in [0.2, 0.25) is 5.89 Å². The highest BCUT2D eigenvalue weighted by atomic mass is 16.6. The zero-order chi connectivity index (χ0) is 21.7. The number of nitrogens with zero attached hydrogens (tertiary/aromatic N) is 3. The lowest BCUT2D eigenvalue weighted by Gasteiger charge is -2.10. The molecule has 1 heterocycles. The summed E-state index contributed by atoms with van der Waals surface area (Å²) in [6.07, 6.45) is -0.840. The number of esters is 1. The van der Waals surface area contributed by atoms with Crippen LogP contribution in [-0.2, 0) is 9.53 Å². The highest BCUT2D eigenvalue weighted by Crippen LogP contribution is 2.24. The van der Waals surface area contributed by atoms with E-state index < -0.39 is 17.0 Å². The number of carbonyl (C=O) groups is 2. The fraction of sp³-hybridized carbons (Fsp3) is 0.200. The lowest BCUT2D eigenvalue weighted by atomic mass is 10.1. The first-order valence-corrected chi connectivity index (χ1v) is 8.96. The summed E-state index contributed by atoms with van der Waals surface area (Å²) in [7, 11) is 0. The Balaban J connectivity index is 1.55. The number of hydrogen-bond donors (Lipinski definition) is 1. The van der Waals surface area contributed by atoms with E-state index in [-0.39, 0.29) is 29.9 Å². The maximum atomic E-state index is 12.1. The van der Waals surface area contributed by atoms with E-state index in [4.69, 9.17) is 9.15 Å². The van der Waals surface area contributed by atoms with Crippen molar-refractivity contribution in [2.45, 2.75) is 20.0 Å². The van der Waals surface area contributed by atoms with Crippen molar-refractivity contribution in [3.8, 4) is 11.5 Å². The molecule has 0 aliphatic rings. The summed E-state index contributed by atoms with van der Waals surface area (Å²) in [5, 5.41) is 20.9. The van der Waals surface area contributed by atoms with Crippen molar-refractivity contribution in [3.63, 3.8) is 0 Å². The molecule has 3 aromatic rings. The van der Waals surface area contributed by atoms with Crippen LogP contribution in [0.4, 0.5) is 5.69 Å². The number of non-ortho nitro benzene ring substituents is 1. The number of hydrogen-bond acceptors (Lipinski definition) is 8. The van der Waals surface area contributed by atoms with E-state index in [0.29, 0.717) is 11.1 Å². The Labute approximate surface area is 171 Å². The van der Waals surface area contributed by atoms with Crippen LogP contribution in [0.3, 0.4) is 0 Å². The Morgan fingerprint density at radius 1 is 1.20 bits per heavy atom. The number of nitro benzene ring substituents is 1. The minimum absolute atomic E-state index is 0.0571. The van der Waals surface area contributed by atoms with Gasteiger partial charge in [0.05, 0.1) is 4.92 Å². The van der Waals surface area contributed by atoms with Crippen LogP contribution < -0.4 is 5.32 Å². The van der Waals surface area contributed by atoms with Gasteiger partial charge >= 0.3 is 5.97 Å². The first-order valence-electron chi connectivity index (χ1n) is 8.96. The van der Waals surface area contributed by atoms with E-state index >= 15 is 0 Å². The summed E-state index contributed by atoms with van der Waals surface area (Å²) in [5.41, 5.74) is 1.80. The third-order valence-corrected chi connectivity index (χ3v) is 4.10. The first-order chi connectivity index (χ1) is 14.3. The minimum Gasteiger partial charge on any atom is -0.451 e. The maximum absolute atomic E-state index is 12.1. The van der Waals surface area contributed by atoms with Crippen molar-refractivity contribution in [2.75, 3.05) is 6.54 Å². The molecule has 1 amide bonds. The van der Waals surface area contributed by atoms with Crippen molar-refractivity contribution in [2.24, 2.45) is 0 Å². The van der Waals surface area contributed by atoms with Gasteiger partial charge < -0.3 is 14.5 Å². The fourth-order valence-corrected chi connectivity index (χ4v) is 2.57. The molecular weight excluding hydrogens is 392 g/mol. The molecule has 0 radical (unpaired) electrons. The fourth-order valence-electron chi connectivity index (χ4n) is 2.57. The van der Waals surface area contributed by atoms with Crippen molar-refractivity contribution in [1.82, 2.24) is 15.5 Å². The van der Waals surface area contributed by atoms with E-state index in [0.717, 1.165) is 5.56 Å². The van der Waals surface area contributed by atoms with Gasteiger partial charge in [-0.1, -0.05) is 17.7 Å². The molecule has 0 aliphatic carbocycles. The minimum atomic E-state index is -0.840. The van der Waals surface area contributed by atoms with E-state index in [1.165, 1.54) is 24.3 Å². The Bertz CT molecular complexity index is 1080. The molecule has 30 heavy (non-hydrogen) atoms. The van der Waals surface area contributed by atoms with Crippen LogP contribution >= 0.6 is 0 Å². The molecule has 154 valence electrons. The second kappa shape index (κ2) is 8.95. The summed E-state index contributed by atoms with van der Waals surface area (Å²) < 4.78 is 10.7. The predicted molar refractivity (Wildman–Crippen MR) is 104 cm³/mol. The number of amides is 1. The predicted octanol–water partition coefficient (Wildman–Crippen LogP) is 2.99. The molecule has 0 saturated carbocycles. The van der Waals surface area contributed by atoms with E-state index in [2.05, 4.69) is 15.5 Å². The Hall–Kier alpha value is -4.08. The van der Waals surface area contributed by atoms with Gasteiger partial charge in [-0.3, -0.25) is 19.7 Å². The number of nitro groups is 1. The topological polar surface area (TPSA) is 137 Å². The van der Waals surface area contributed by atoms with Gasteiger partial charge in [-0.2, -0.15) is 0 Å². The molecule has 2 aromatic carbocycles. The van der Waals surface area contributed by atoms with Crippen LogP contribution in [0.25, 0.3) is 11.5 Å². The van der Waals surface area contributed by atoms with E-state index in [9.17, 15) is 19.7 Å². The van der Waals surface area contributed by atoms with E-state index in [1.807, 2.05) is 13.0 Å². The smallest absolute Gasteiger partial charge is 0.326 e. The molecule has 3 rings (SSSR count). The highest BCUT2D eigenvalue weighted by molar-refractivity contribution is 5.96. The third kappa shape index (κ3) is 5.04. The Morgan fingerprint density at radius 2 is 1.93 bits per heavy atom. The van der Waals surface area contributed by atoms with Crippen LogP contribution in [0.2, 0.25) is 0 Å². The molecule has 0 bridgehead atoms. The van der Waals surface area contributed by atoms with Gasteiger partial charge in [-0.25, -0.2) is 0 Å². The monoisotopic (exact) mass is 410 g/mol. The average Bonchev–Trinajstić information content (AvgIpc) is 3.22. The zero-order valence-electron chi connectivity index (χ0n) is 16.2. The zero-order valence-corrected chi connectivity index (χ0v) is 16.2. The summed E-state index contributed by atoms with van der Waals surface area (Å²) in [6, 6.07) is 12.6. The maximum Gasteiger partial charge on any atom is 0.326 e. The van der Waals surface area contributed by atoms with Gasteiger partial charge in [0, 0.05) is 23.3 Å². The van der Waals surface area contributed by atoms with Crippen LogP contribution in [-0.4, -0.2) is 33.5 Å². The Kier molecular flexibility index (Phi) is 6.16. The third-order valence-electron chi connectivity index (χ3n) is 4.10. The second-order valence-electron chi connectivity index (χ2n) is 6.43. The molecule has 0 unspecified atom stereocenters. The molecule has 1 atom stereocenters. The molecule has 0 spiro atoms. The van der Waals surface area contributed by atoms with Gasteiger partial charge in [-0.15, -0.1) is 10.2 Å². The van der Waals surface area contributed by atoms with Crippen molar-refractivity contribution < 1.29 is 23.7 Å². The number of nitrogens with one attached hydrogen (secondary N) is 1. The molecule has 10 nitrogen and oxygen atoms in total. The second-order valence-corrected chi connectivity index (χ2v) is 6.43. The summed E-state index contributed by atoms with van der Waals surface area (Å²) in [5.74, 6) is -0.864. The van der Waals surface area contributed by atoms with E-state index in [1.54, 1.807) is 25.1 Å². The number of aromatic nitrogens is 2. The number of carbonyl (C=O) groups excluding carboxylic acids is 2. The summed E-state index contributed by atoms with van der Waals surface area (Å²) >= 11 is 0. The summed E-state index contributed by atoms with van der Waals surface area (Å²) in [4.78, 5) is 34.3. The number of aryl methyl sites for hydroxylation is 1. The van der Waals surface area contributed by atoms with Crippen LogP contribution in [0.1, 0.15) is 34.8 Å². The SMILES string of the molecule is Cc1cccc(C(=O)NCC(=O)O[C@H](C)c2nnc(-c3ccc([N+](=O)[O-])cc3)o2)c1. The van der Waals surface area contributed by atoms with Crippen molar-refractivity contribution in [3.05, 3.63) is 75.7 Å². The molecule has 0 fully saturated rings. The average molecular weight is 410 g/mol. The molecule has 0 aliphatic heterocycles. The number of rotatable bonds is 7. The van der Waals surface area contributed by atoms with Gasteiger partial charge in [0.25, 0.3) is 17.5 Å². The van der Waals surface area contributed by atoms with Gasteiger partial charge in [0.1, 0.15) is 6.54 Å². The Morgan fingerprint density at radius 3 is 2.60 bits per heavy atom. The highest BCUT2D eigenvalue weighted by Gasteiger charge is 2.20. The van der Waals surface area contributed by atoms with Gasteiger partial charge in [-0.05, 0) is 38.1 Å². The standard InChI is InChI=1S/C20H18N4O6/c1-12-4-3-5-15(10-12)18(26)21-11-17(25)29-13(2)19-22-23-20(30-19)14-6-8-16(9-7-14)24(27)28/h3-10,13H,11H2,1-2H3,(H,21,26)/t13-/m1/s1. The molecular formula is C20H18N4O6.